The lowest BCUT2D eigenvalue weighted by Gasteiger charge is -2.11. The van der Waals surface area contributed by atoms with Crippen LogP contribution in [0.15, 0.2) is 40.9 Å². The van der Waals surface area contributed by atoms with Crippen molar-refractivity contribution in [3.8, 4) is 5.75 Å². The van der Waals surface area contributed by atoms with Gasteiger partial charge in [0.25, 0.3) is 0 Å². The van der Waals surface area contributed by atoms with Crippen LogP contribution in [0.1, 0.15) is 5.56 Å². The molecule has 0 atom stereocenters. The Kier molecular flexibility index (Phi) is 4.57. The summed E-state index contributed by atoms with van der Waals surface area (Å²) in [5.41, 5.74) is 7.00. The summed E-state index contributed by atoms with van der Waals surface area (Å²) >= 11 is 8.18. The van der Waals surface area contributed by atoms with Crippen LogP contribution in [0.5, 0.6) is 5.75 Å². The zero-order valence-corrected chi connectivity index (χ0v) is 13.0. The molecule has 6 heteroatoms. The highest BCUT2D eigenvalue weighted by Gasteiger charge is 2.07. The number of rotatable bonds is 4. The predicted molar refractivity (Wildman–Crippen MR) is 86.3 cm³/mol. The molecular formula is C14H12BrFN2OS. The second kappa shape index (κ2) is 6.19. The molecule has 0 saturated carbocycles. The highest BCUT2D eigenvalue weighted by molar-refractivity contribution is 9.10. The van der Waals surface area contributed by atoms with E-state index in [4.69, 9.17) is 22.7 Å². The van der Waals surface area contributed by atoms with Crippen LogP contribution in [-0.2, 0) is 0 Å². The molecule has 2 rings (SSSR count). The van der Waals surface area contributed by atoms with Crippen molar-refractivity contribution in [1.29, 1.82) is 0 Å². The van der Waals surface area contributed by atoms with Crippen LogP contribution in [0.25, 0.3) is 0 Å². The van der Waals surface area contributed by atoms with Gasteiger partial charge in [0.15, 0.2) is 0 Å². The maximum Gasteiger partial charge on any atom is 0.147 e. The molecule has 0 aliphatic heterocycles. The smallest absolute Gasteiger partial charge is 0.147 e. The average molecular weight is 355 g/mol. The first-order valence-corrected chi connectivity index (χ1v) is 6.90. The van der Waals surface area contributed by atoms with Gasteiger partial charge in [-0.15, -0.1) is 0 Å². The van der Waals surface area contributed by atoms with E-state index in [9.17, 15) is 4.39 Å². The maximum absolute atomic E-state index is 14.0. The summed E-state index contributed by atoms with van der Waals surface area (Å²) in [5.74, 6) is 0.247. The highest BCUT2D eigenvalue weighted by atomic mass is 79.9. The van der Waals surface area contributed by atoms with Crippen molar-refractivity contribution in [2.45, 2.75) is 0 Å². The summed E-state index contributed by atoms with van der Waals surface area (Å²) in [6.45, 7) is 0. The minimum atomic E-state index is -0.422. The molecule has 0 fully saturated rings. The van der Waals surface area contributed by atoms with E-state index < -0.39 is 5.82 Å². The third kappa shape index (κ3) is 3.46. The fourth-order valence-corrected chi connectivity index (χ4v) is 2.28. The van der Waals surface area contributed by atoms with E-state index in [0.29, 0.717) is 22.7 Å². The molecule has 0 aliphatic rings. The summed E-state index contributed by atoms with van der Waals surface area (Å²) in [6.07, 6.45) is 0. The number of hydrogen-bond acceptors (Lipinski definition) is 3. The molecule has 104 valence electrons. The van der Waals surface area contributed by atoms with Crippen LogP contribution in [0.4, 0.5) is 15.8 Å². The van der Waals surface area contributed by atoms with Gasteiger partial charge in [-0.3, -0.25) is 0 Å². The summed E-state index contributed by atoms with van der Waals surface area (Å²) in [7, 11) is 1.57. The van der Waals surface area contributed by atoms with Crippen molar-refractivity contribution < 1.29 is 9.13 Å². The molecule has 0 spiro atoms. The van der Waals surface area contributed by atoms with Crippen molar-refractivity contribution in [2.24, 2.45) is 5.73 Å². The second-order valence-electron chi connectivity index (χ2n) is 4.06. The number of hydrogen-bond donors (Lipinski definition) is 2. The molecule has 2 aromatic rings. The van der Waals surface area contributed by atoms with E-state index in [1.54, 1.807) is 25.3 Å². The Morgan fingerprint density at radius 3 is 2.65 bits per heavy atom. The molecule has 3 nitrogen and oxygen atoms in total. The zero-order valence-electron chi connectivity index (χ0n) is 10.6. The van der Waals surface area contributed by atoms with E-state index in [1.165, 1.54) is 6.07 Å². The first-order valence-electron chi connectivity index (χ1n) is 5.70. The molecule has 2 aromatic carbocycles. The van der Waals surface area contributed by atoms with E-state index in [2.05, 4.69) is 21.2 Å². The van der Waals surface area contributed by atoms with Gasteiger partial charge in [-0.2, -0.15) is 0 Å². The number of nitrogens with one attached hydrogen (secondary N) is 1. The van der Waals surface area contributed by atoms with Gasteiger partial charge in [-0.05, 0) is 30.3 Å². The summed E-state index contributed by atoms with van der Waals surface area (Å²) in [4.78, 5) is 0.166. The topological polar surface area (TPSA) is 47.3 Å². The summed E-state index contributed by atoms with van der Waals surface area (Å²) < 4.78 is 19.9. The molecule has 0 amide bonds. The van der Waals surface area contributed by atoms with Crippen LogP contribution < -0.4 is 15.8 Å². The predicted octanol–water partition coefficient (Wildman–Crippen LogP) is 3.97. The van der Waals surface area contributed by atoms with Gasteiger partial charge in [0.05, 0.1) is 12.8 Å². The van der Waals surface area contributed by atoms with Crippen LogP contribution in [0.3, 0.4) is 0 Å². The van der Waals surface area contributed by atoms with Crippen LogP contribution in [0.2, 0.25) is 0 Å². The van der Waals surface area contributed by atoms with Crippen LogP contribution in [-0.4, -0.2) is 12.1 Å². The van der Waals surface area contributed by atoms with E-state index in [0.717, 1.165) is 4.47 Å². The van der Waals surface area contributed by atoms with Gasteiger partial charge >= 0.3 is 0 Å². The number of ether oxygens (including phenoxy) is 1. The Balaban J connectivity index is 2.30. The quantitative estimate of drug-likeness (QED) is 0.815. The van der Waals surface area contributed by atoms with Gasteiger partial charge in [0, 0.05) is 21.8 Å². The van der Waals surface area contributed by atoms with E-state index in [-0.39, 0.29) is 4.99 Å². The van der Waals surface area contributed by atoms with Crippen LogP contribution in [0, 0.1) is 5.82 Å². The lowest BCUT2D eigenvalue weighted by atomic mass is 10.2. The Morgan fingerprint density at radius 2 is 2.05 bits per heavy atom. The second-order valence-corrected chi connectivity index (χ2v) is 5.42. The average Bonchev–Trinajstić information content (AvgIpc) is 2.40. The third-order valence-corrected chi connectivity index (χ3v) is 3.33. The SMILES string of the molecule is COc1cc(Br)cc(Nc2ccc(C(N)=S)cc2F)c1. The summed E-state index contributed by atoms with van der Waals surface area (Å²) in [6, 6.07) is 9.98. The van der Waals surface area contributed by atoms with Crippen molar-refractivity contribution in [1.82, 2.24) is 0 Å². The van der Waals surface area contributed by atoms with Gasteiger partial charge < -0.3 is 15.8 Å². The maximum atomic E-state index is 14.0. The van der Waals surface area contributed by atoms with Gasteiger partial charge in [0.2, 0.25) is 0 Å². The number of thiocarbonyl (C=S) groups is 1. The lowest BCUT2D eigenvalue weighted by molar-refractivity contribution is 0.415. The normalized spacial score (nSPS) is 10.2. The van der Waals surface area contributed by atoms with Crippen molar-refractivity contribution >= 4 is 44.5 Å². The first kappa shape index (κ1) is 14.7. The fourth-order valence-electron chi connectivity index (χ4n) is 1.68. The van der Waals surface area contributed by atoms with Crippen molar-refractivity contribution in [3.63, 3.8) is 0 Å². The lowest BCUT2D eigenvalue weighted by Crippen LogP contribution is -2.09. The number of halogens is 2. The van der Waals surface area contributed by atoms with Crippen LogP contribution >= 0.6 is 28.1 Å². The Labute approximate surface area is 130 Å². The molecule has 0 aliphatic carbocycles. The van der Waals surface area contributed by atoms with E-state index >= 15 is 0 Å². The molecule has 0 bridgehead atoms. The van der Waals surface area contributed by atoms with Gasteiger partial charge in [0.1, 0.15) is 16.6 Å². The van der Waals surface area contributed by atoms with Crippen molar-refractivity contribution in [3.05, 3.63) is 52.3 Å². The Bertz CT molecular complexity index is 664. The van der Waals surface area contributed by atoms with Crippen molar-refractivity contribution in [2.75, 3.05) is 12.4 Å². The third-order valence-electron chi connectivity index (χ3n) is 2.64. The minimum absolute atomic E-state index is 0.166. The Morgan fingerprint density at radius 1 is 1.30 bits per heavy atom. The molecule has 3 N–H and O–H groups in total. The molecule has 0 heterocycles. The largest absolute Gasteiger partial charge is 0.497 e. The minimum Gasteiger partial charge on any atom is -0.497 e. The van der Waals surface area contributed by atoms with Gasteiger partial charge in [-0.25, -0.2) is 4.39 Å². The number of methoxy groups -OCH3 is 1. The molecule has 20 heavy (non-hydrogen) atoms. The first-order chi connectivity index (χ1) is 9.49. The number of nitrogens with two attached hydrogens (primary N) is 1. The molecule has 0 saturated heterocycles. The Hall–Kier alpha value is -1.66. The molecule has 0 radical (unpaired) electrons. The fraction of sp³-hybridized carbons (Fsp3) is 0.0714. The number of anilines is 2. The molecule has 0 unspecified atom stereocenters. The number of benzene rings is 2. The molecular weight excluding hydrogens is 343 g/mol. The highest BCUT2D eigenvalue weighted by Crippen LogP contribution is 2.28. The molecule has 0 aromatic heterocycles. The zero-order chi connectivity index (χ0) is 14.7. The van der Waals surface area contributed by atoms with Gasteiger partial charge in [-0.1, -0.05) is 28.1 Å². The summed E-state index contributed by atoms with van der Waals surface area (Å²) in [5, 5.41) is 2.98. The monoisotopic (exact) mass is 354 g/mol. The standard InChI is InChI=1S/C14H12BrFN2OS/c1-19-11-6-9(15)5-10(7-11)18-13-3-2-8(14(17)20)4-12(13)16/h2-7,18H,1H3,(H2,17,20). The van der Waals surface area contributed by atoms with E-state index in [1.807, 2.05) is 12.1 Å².